The Morgan fingerprint density at radius 1 is 1.44 bits per heavy atom. The Labute approximate surface area is 157 Å². The molecule has 3 aromatic rings. The maximum Gasteiger partial charge on any atom is 0.338 e. The average molecular weight is 418 g/mol. The Hall–Kier alpha value is -2.12. The van der Waals surface area contributed by atoms with Gasteiger partial charge in [-0.15, -0.1) is 11.3 Å². The molecule has 0 spiro atoms. The minimum absolute atomic E-state index is 0.255. The summed E-state index contributed by atoms with van der Waals surface area (Å²) in [6, 6.07) is 9.74. The largest absolute Gasteiger partial charge is 0.463 e. The first-order valence-corrected chi connectivity index (χ1v) is 9.63. The number of aromatic nitrogens is 2. The van der Waals surface area contributed by atoms with Crippen LogP contribution in [-0.4, -0.2) is 22.1 Å². The van der Waals surface area contributed by atoms with Crippen molar-refractivity contribution in [2.24, 2.45) is 0 Å². The van der Waals surface area contributed by atoms with Gasteiger partial charge in [-0.1, -0.05) is 22.0 Å². The molecule has 0 radical (unpaired) electrons. The highest BCUT2D eigenvalue weighted by molar-refractivity contribution is 9.10. The summed E-state index contributed by atoms with van der Waals surface area (Å²) in [6.45, 7) is 4.06. The highest BCUT2D eigenvalue weighted by Gasteiger charge is 2.35. The van der Waals surface area contributed by atoms with Crippen molar-refractivity contribution in [2.75, 3.05) is 11.9 Å². The van der Waals surface area contributed by atoms with Crippen LogP contribution in [0.3, 0.4) is 0 Å². The Kier molecular flexibility index (Phi) is 4.13. The first-order chi connectivity index (χ1) is 12.1. The van der Waals surface area contributed by atoms with Crippen LogP contribution in [0.4, 0.5) is 5.95 Å². The second-order valence-electron chi connectivity index (χ2n) is 5.74. The van der Waals surface area contributed by atoms with Crippen molar-refractivity contribution in [3.63, 3.8) is 0 Å². The fraction of sp³-hybridized carbons (Fsp3) is 0.222. The number of carbonyl (C=O) groups excluding carboxylic acids is 1. The molecule has 2 aromatic heterocycles. The Bertz CT molecular complexity index is 991. The first kappa shape index (κ1) is 16.4. The standard InChI is InChI=1S/C18H16BrN3O2S/c1-3-24-17(23)15-10(2)20-18-21-12-7-6-11(19)9-13(12)22(18)16(15)14-5-4-8-25-14/h4-9,16H,3H2,1-2H3,(H,20,21). The van der Waals surface area contributed by atoms with Gasteiger partial charge in [0.25, 0.3) is 0 Å². The fourth-order valence-corrected chi connectivity index (χ4v) is 4.35. The van der Waals surface area contributed by atoms with Gasteiger partial charge in [-0.3, -0.25) is 4.57 Å². The van der Waals surface area contributed by atoms with E-state index in [-0.39, 0.29) is 12.0 Å². The number of benzene rings is 1. The van der Waals surface area contributed by atoms with E-state index in [2.05, 4.69) is 25.8 Å². The molecule has 1 atom stereocenters. The van der Waals surface area contributed by atoms with Gasteiger partial charge in [0.2, 0.25) is 5.95 Å². The third kappa shape index (κ3) is 2.67. The van der Waals surface area contributed by atoms with E-state index < -0.39 is 0 Å². The number of imidazole rings is 1. The van der Waals surface area contributed by atoms with Crippen LogP contribution < -0.4 is 5.32 Å². The molecule has 128 valence electrons. The van der Waals surface area contributed by atoms with Crippen LogP contribution in [0.15, 0.2) is 51.5 Å². The minimum Gasteiger partial charge on any atom is -0.463 e. The summed E-state index contributed by atoms with van der Waals surface area (Å²) in [7, 11) is 0. The van der Waals surface area contributed by atoms with Gasteiger partial charge in [-0.2, -0.15) is 0 Å². The van der Waals surface area contributed by atoms with E-state index in [0.29, 0.717) is 12.2 Å². The van der Waals surface area contributed by atoms with E-state index in [9.17, 15) is 4.79 Å². The number of ether oxygens (including phenoxy) is 1. The summed E-state index contributed by atoms with van der Waals surface area (Å²) >= 11 is 5.15. The van der Waals surface area contributed by atoms with Gasteiger partial charge in [0.15, 0.2) is 0 Å². The molecule has 3 heterocycles. The Balaban J connectivity index is 1.98. The highest BCUT2D eigenvalue weighted by Crippen LogP contribution is 2.41. The molecule has 5 nitrogen and oxygen atoms in total. The lowest BCUT2D eigenvalue weighted by Gasteiger charge is -2.29. The number of nitrogens with zero attached hydrogens (tertiary/aromatic N) is 2. The predicted molar refractivity (Wildman–Crippen MR) is 103 cm³/mol. The van der Waals surface area contributed by atoms with E-state index in [0.717, 1.165) is 32.0 Å². The molecule has 1 aromatic carbocycles. The number of allylic oxidation sites excluding steroid dienone is 1. The van der Waals surface area contributed by atoms with Gasteiger partial charge in [0, 0.05) is 15.0 Å². The molecule has 1 unspecified atom stereocenters. The molecule has 1 aliphatic rings. The molecule has 25 heavy (non-hydrogen) atoms. The van der Waals surface area contributed by atoms with Gasteiger partial charge < -0.3 is 10.1 Å². The van der Waals surface area contributed by atoms with E-state index >= 15 is 0 Å². The molecule has 1 N–H and O–H groups in total. The second-order valence-corrected chi connectivity index (χ2v) is 7.64. The van der Waals surface area contributed by atoms with E-state index in [1.807, 2.05) is 49.6 Å². The Morgan fingerprint density at radius 3 is 3.00 bits per heavy atom. The highest BCUT2D eigenvalue weighted by atomic mass is 79.9. The normalized spacial score (nSPS) is 16.7. The van der Waals surface area contributed by atoms with Crippen molar-refractivity contribution >= 4 is 50.2 Å². The summed E-state index contributed by atoms with van der Waals surface area (Å²) in [4.78, 5) is 18.5. The number of thiophene rings is 1. The zero-order chi connectivity index (χ0) is 17.6. The first-order valence-electron chi connectivity index (χ1n) is 7.96. The summed E-state index contributed by atoms with van der Waals surface area (Å²) in [5, 5.41) is 5.29. The van der Waals surface area contributed by atoms with Crippen LogP contribution in [-0.2, 0) is 9.53 Å². The molecular weight excluding hydrogens is 402 g/mol. The lowest BCUT2D eigenvalue weighted by Crippen LogP contribution is -2.28. The lowest BCUT2D eigenvalue weighted by atomic mass is 10.0. The quantitative estimate of drug-likeness (QED) is 0.626. The zero-order valence-corrected chi connectivity index (χ0v) is 16.1. The van der Waals surface area contributed by atoms with Gasteiger partial charge in [0.1, 0.15) is 6.04 Å². The van der Waals surface area contributed by atoms with Gasteiger partial charge in [-0.05, 0) is 43.5 Å². The monoisotopic (exact) mass is 417 g/mol. The predicted octanol–water partition coefficient (Wildman–Crippen LogP) is 4.71. The van der Waals surface area contributed by atoms with Crippen LogP contribution in [0.2, 0.25) is 0 Å². The number of esters is 1. The van der Waals surface area contributed by atoms with E-state index in [4.69, 9.17) is 9.72 Å². The van der Waals surface area contributed by atoms with Crippen LogP contribution in [0.1, 0.15) is 24.8 Å². The van der Waals surface area contributed by atoms with E-state index in [1.54, 1.807) is 11.3 Å². The molecule has 0 aliphatic carbocycles. The molecular formula is C18H16BrN3O2S. The third-order valence-electron chi connectivity index (χ3n) is 4.19. The molecule has 4 rings (SSSR count). The molecule has 1 aliphatic heterocycles. The molecule has 7 heteroatoms. The van der Waals surface area contributed by atoms with Crippen molar-refractivity contribution in [2.45, 2.75) is 19.9 Å². The lowest BCUT2D eigenvalue weighted by molar-refractivity contribution is -0.139. The van der Waals surface area contributed by atoms with Crippen LogP contribution in [0.5, 0.6) is 0 Å². The topological polar surface area (TPSA) is 56.1 Å². The van der Waals surface area contributed by atoms with Gasteiger partial charge in [-0.25, -0.2) is 9.78 Å². The summed E-state index contributed by atoms with van der Waals surface area (Å²) in [6.07, 6.45) is 0. The average Bonchev–Trinajstić information content (AvgIpc) is 3.21. The number of nitrogens with one attached hydrogen (secondary N) is 1. The maximum absolute atomic E-state index is 12.7. The summed E-state index contributed by atoms with van der Waals surface area (Å²) in [5.41, 5.74) is 3.24. The number of halogens is 1. The number of anilines is 1. The van der Waals surface area contributed by atoms with Gasteiger partial charge >= 0.3 is 5.97 Å². The molecule has 0 saturated heterocycles. The van der Waals surface area contributed by atoms with Gasteiger partial charge in [0.05, 0.1) is 23.2 Å². The van der Waals surface area contributed by atoms with Crippen LogP contribution >= 0.6 is 27.3 Å². The summed E-state index contributed by atoms with van der Waals surface area (Å²) in [5.74, 6) is 0.436. The summed E-state index contributed by atoms with van der Waals surface area (Å²) < 4.78 is 8.38. The molecule has 0 fully saturated rings. The van der Waals surface area contributed by atoms with Crippen LogP contribution in [0, 0.1) is 0 Å². The van der Waals surface area contributed by atoms with Crippen molar-refractivity contribution in [1.29, 1.82) is 0 Å². The number of hydrogen-bond acceptors (Lipinski definition) is 5. The number of rotatable bonds is 3. The SMILES string of the molecule is CCOC(=O)C1=C(C)Nc2nc3ccc(Br)cc3n2C1c1cccs1. The number of fused-ring (bicyclic) bond motifs is 3. The number of carbonyl (C=O) groups is 1. The minimum atomic E-state index is -0.298. The van der Waals surface area contributed by atoms with Crippen LogP contribution in [0.25, 0.3) is 11.0 Å². The van der Waals surface area contributed by atoms with Crippen molar-refractivity contribution in [1.82, 2.24) is 9.55 Å². The Morgan fingerprint density at radius 2 is 2.28 bits per heavy atom. The molecule has 0 saturated carbocycles. The molecule has 0 bridgehead atoms. The van der Waals surface area contributed by atoms with Crippen molar-refractivity contribution < 1.29 is 9.53 Å². The molecule has 0 amide bonds. The smallest absolute Gasteiger partial charge is 0.338 e. The maximum atomic E-state index is 12.7. The number of hydrogen-bond donors (Lipinski definition) is 1. The van der Waals surface area contributed by atoms with Crippen molar-refractivity contribution in [3.8, 4) is 0 Å². The third-order valence-corrected chi connectivity index (χ3v) is 5.61. The second kappa shape index (κ2) is 6.31. The van der Waals surface area contributed by atoms with Crippen molar-refractivity contribution in [3.05, 3.63) is 56.3 Å². The van der Waals surface area contributed by atoms with E-state index in [1.165, 1.54) is 0 Å². The fourth-order valence-electron chi connectivity index (χ4n) is 3.17. The zero-order valence-electron chi connectivity index (χ0n) is 13.7.